The maximum Gasteiger partial charge on any atom is 0.331 e. The molecule has 0 spiro atoms. The van der Waals surface area contributed by atoms with Gasteiger partial charge in [-0.15, -0.1) is 11.8 Å². The number of carbonyl (C=O) groups is 1. The fraction of sp³-hybridized carbons (Fsp3) is 0.214. The first-order valence-electron chi connectivity index (χ1n) is 5.97. The van der Waals surface area contributed by atoms with Gasteiger partial charge in [0, 0.05) is 16.7 Å². The third-order valence-corrected chi connectivity index (χ3v) is 3.64. The molecule has 1 N–H and O–H groups in total. The van der Waals surface area contributed by atoms with Gasteiger partial charge in [-0.1, -0.05) is 31.2 Å². The molecule has 0 radical (unpaired) electrons. The van der Waals surface area contributed by atoms with Crippen molar-refractivity contribution in [3.8, 4) is 0 Å². The Balaban J connectivity index is 2.16. The van der Waals surface area contributed by atoms with E-state index in [9.17, 15) is 4.79 Å². The number of carboxylic acid groups (broad SMARTS) is 1. The number of benzene rings is 1. The van der Waals surface area contributed by atoms with Crippen molar-refractivity contribution in [1.29, 1.82) is 0 Å². The summed E-state index contributed by atoms with van der Waals surface area (Å²) in [6.45, 7) is 1.84. The lowest BCUT2D eigenvalue weighted by Crippen LogP contribution is -1.99. The van der Waals surface area contributed by atoms with Crippen LogP contribution in [0.2, 0.25) is 0 Å². The average Bonchev–Trinajstić information content (AvgIpc) is 2.43. The van der Waals surface area contributed by atoms with Gasteiger partial charge in [-0.25, -0.2) is 14.8 Å². The Bertz CT molecular complexity index is 620. The Morgan fingerprint density at radius 2 is 2.16 bits per heavy atom. The summed E-state index contributed by atoms with van der Waals surface area (Å²) in [5.41, 5.74) is 1.34. The summed E-state index contributed by atoms with van der Waals surface area (Å²) in [5.74, 6) is -0.258. The molecule has 0 atom stereocenters. The number of aliphatic carboxylic acids is 1. The van der Waals surface area contributed by atoms with Crippen LogP contribution in [-0.4, -0.2) is 26.8 Å². The SMILES string of the molecule is CCC(=CCSc1ncnc2ccccc12)C(=O)O. The minimum atomic E-state index is -0.851. The maximum absolute atomic E-state index is 10.9. The highest BCUT2D eigenvalue weighted by atomic mass is 32.2. The molecule has 0 aliphatic carbocycles. The smallest absolute Gasteiger partial charge is 0.331 e. The van der Waals surface area contributed by atoms with Crippen LogP contribution in [0, 0.1) is 0 Å². The standard InChI is InChI=1S/C14H14N2O2S/c1-2-10(14(17)18)7-8-19-13-11-5-3-4-6-12(11)15-9-16-13/h3-7,9H,2,8H2,1H3,(H,17,18). The molecular formula is C14H14N2O2S. The third kappa shape index (κ3) is 3.32. The lowest BCUT2D eigenvalue weighted by Gasteiger charge is -2.03. The van der Waals surface area contributed by atoms with E-state index in [0.717, 1.165) is 15.9 Å². The van der Waals surface area contributed by atoms with Crippen molar-refractivity contribution in [2.45, 2.75) is 18.4 Å². The van der Waals surface area contributed by atoms with E-state index in [1.807, 2.05) is 31.2 Å². The minimum absolute atomic E-state index is 0.436. The molecule has 2 aromatic rings. The average molecular weight is 274 g/mol. The Labute approximate surface area is 115 Å². The first-order valence-corrected chi connectivity index (χ1v) is 6.95. The Morgan fingerprint density at radius 3 is 2.89 bits per heavy atom. The van der Waals surface area contributed by atoms with Crippen LogP contribution in [-0.2, 0) is 4.79 Å². The number of para-hydroxylation sites is 1. The number of carboxylic acids is 1. The molecule has 0 saturated heterocycles. The normalized spacial score (nSPS) is 11.7. The second kappa shape index (κ2) is 6.33. The van der Waals surface area contributed by atoms with Crippen molar-refractivity contribution in [2.24, 2.45) is 0 Å². The quantitative estimate of drug-likeness (QED) is 0.515. The van der Waals surface area contributed by atoms with Crippen molar-refractivity contribution in [3.63, 3.8) is 0 Å². The zero-order valence-electron chi connectivity index (χ0n) is 10.5. The van der Waals surface area contributed by atoms with Gasteiger partial charge in [-0.3, -0.25) is 0 Å². The molecule has 4 nitrogen and oxygen atoms in total. The van der Waals surface area contributed by atoms with Crippen LogP contribution in [0.25, 0.3) is 10.9 Å². The van der Waals surface area contributed by atoms with Gasteiger partial charge >= 0.3 is 5.97 Å². The predicted octanol–water partition coefficient (Wildman–Crippen LogP) is 3.14. The van der Waals surface area contributed by atoms with E-state index < -0.39 is 5.97 Å². The van der Waals surface area contributed by atoms with Crippen molar-refractivity contribution >= 4 is 28.6 Å². The molecule has 0 fully saturated rings. The number of rotatable bonds is 5. The second-order valence-corrected chi connectivity index (χ2v) is 4.90. The summed E-state index contributed by atoms with van der Waals surface area (Å²) in [4.78, 5) is 19.3. The summed E-state index contributed by atoms with van der Waals surface area (Å²) >= 11 is 1.52. The van der Waals surface area contributed by atoms with Crippen molar-refractivity contribution in [1.82, 2.24) is 9.97 Å². The minimum Gasteiger partial charge on any atom is -0.478 e. The number of hydrogen-bond donors (Lipinski definition) is 1. The van der Waals surface area contributed by atoms with E-state index in [-0.39, 0.29) is 0 Å². The van der Waals surface area contributed by atoms with Crippen LogP contribution < -0.4 is 0 Å². The summed E-state index contributed by atoms with van der Waals surface area (Å²) < 4.78 is 0. The van der Waals surface area contributed by atoms with Crippen LogP contribution in [0.3, 0.4) is 0 Å². The Morgan fingerprint density at radius 1 is 1.37 bits per heavy atom. The predicted molar refractivity (Wildman–Crippen MR) is 76.3 cm³/mol. The second-order valence-electron chi connectivity index (χ2n) is 3.90. The molecule has 0 unspecified atom stereocenters. The van der Waals surface area contributed by atoms with Crippen LogP contribution in [0.15, 0.2) is 47.3 Å². The monoisotopic (exact) mass is 274 g/mol. The van der Waals surface area contributed by atoms with E-state index in [2.05, 4.69) is 9.97 Å². The molecule has 5 heteroatoms. The lowest BCUT2D eigenvalue weighted by atomic mass is 10.2. The van der Waals surface area contributed by atoms with Crippen LogP contribution >= 0.6 is 11.8 Å². The molecular weight excluding hydrogens is 260 g/mol. The van der Waals surface area contributed by atoms with Crippen LogP contribution in [0.1, 0.15) is 13.3 Å². The molecule has 0 amide bonds. The molecule has 0 aliphatic rings. The van der Waals surface area contributed by atoms with E-state index in [0.29, 0.717) is 17.7 Å². The fourth-order valence-corrected chi connectivity index (χ4v) is 2.59. The molecule has 2 rings (SSSR count). The third-order valence-electron chi connectivity index (χ3n) is 2.71. The highest BCUT2D eigenvalue weighted by molar-refractivity contribution is 7.99. The van der Waals surface area contributed by atoms with Gasteiger partial charge in [0.1, 0.15) is 11.4 Å². The summed E-state index contributed by atoms with van der Waals surface area (Å²) in [6.07, 6.45) is 3.80. The van der Waals surface area contributed by atoms with E-state index in [4.69, 9.17) is 5.11 Å². The highest BCUT2D eigenvalue weighted by Crippen LogP contribution is 2.24. The largest absolute Gasteiger partial charge is 0.478 e. The highest BCUT2D eigenvalue weighted by Gasteiger charge is 2.05. The topological polar surface area (TPSA) is 63.1 Å². The Kier molecular flexibility index (Phi) is 4.52. The van der Waals surface area contributed by atoms with Crippen molar-refractivity contribution in [3.05, 3.63) is 42.2 Å². The molecule has 19 heavy (non-hydrogen) atoms. The molecule has 1 aromatic carbocycles. The van der Waals surface area contributed by atoms with Crippen molar-refractivity contribution in [2.75, 3.05) is 5.75 Å². The molecule has 1 aromatic heterocycles. The van der Waals surface area contributed by atoms with E-state index in [1.54, 1.807) is 6.08 Å². The summed E-state index contributed by atoms with van der Waals surface area (Å²) in [7, 11) is 0. The van der Waals surface area contributed by atoms with Gasteiger partial charge < -0.3 is 5.11 Å². The molecule has 0 aliphatic heterocycles. The van der Waals surface area contributed by atoms with Crippen molar-refractivity contribution < 1.29 is 9.90 Å². The van der Waals surface area contributed by atoms with Gasteiger partial charge in [-0.2, -0.15) is 0 Å². The maximum atomic E-state index is 10.9. The van der Waals surface area contributed by atoms with Gasteiger partial charge in [0.15, 0.2) is 0 Å². The molecule has 0 saturated carbocycles. The number of aromatic nitrogens is 2. The molecule has 1 heterocycles. The zero-order chi connectivity index (χ0) is 13.7. The van der Waals surface area contributed by atoms with Crippen LogP contribution in [0.5, 0.6) is 0 Å². The fourth-order valence-electron chi connectivity index (χ4n) is 1.70. The lowest BCUT2D eigenvalue weighted by molar-refractivity contribution is -0.132. The molecule has 0 bridgehead atoms. The number of hydrogen-bond acceptors (Lipinski definition) is 4. The number of thioether (sulfide) groups is 1. The Hall–Kier alpha value is -1.88. The first-order chi connectivity index (χ1) is 9.22. The summed E-state index contributed by atoms with van der Waals surface area (Å²) in [5, 5.41) is 10.8. The number of nitrogens with zero attached hydrogens (tertiary/aromatic N) is 2. The van der Waals surface area contributed by atoms with E-state index >= 15 is 0 Å². The van der Waals surface area contributed by atoms with E-state index in [1.165, 1.54) is 18.1 Å². The van der Waals surface area contributed by atoms with Gasteiger partial charge in [-0.05, 0) is 12.5 Å². The number of fused-ring (bicyclic) bond motifs is 1. The van der Waals surface area contributed by atoms with Gasteiger partial charge in [0.05, 0.1) is 5.52 Å². The first kappa shape index (κ1) is 13.5. The summed E-state index contributed by atoms with van der Waals surface area (Å²) in [6, 6.07) is 7.79. The zero-order valence-corrected chi connectivity index (χ0v) is 11.4. The van der Waals surface area contributed by atoms with Gasteiger partial charge in [0.2, 0.25) is 0 Å². The van der Waals surface area contributed by atoms with Crippen LogP contribution in [0.4, 0.5) is 0 Å². The van der Waals surface area contributed by atoms with Gasteiger partial charge in [0.25, 0.3) is 0 Å². The molecule has 98 valence electrons.